The standard InChI is InChI=1S/C8H13N3S/c1-6-9-10-8(12-6)11(2)5-7-3-4-7/h7H,3-5H2,1-2H3. The van der Waals surface area contributed by atoms with Crippen LogP contribution in [-0.4, -0.2) is 23.8 Å². The fourth-order valence-corrected chi connectivity index (χ4v) is 1.86. The van der Waals surface area contributed by atoms with Crippen LogP contribution in [0.15, 0.2) is 0 Å². The molecule has 1 aromatic heterocycles. The van der Waals surface area contributed by atoms with E-state index in [1.54, 1.807) is 11.3 Å². The number of nitrogens with zero attached hydrogens (tertiary/aromatic N) is 3. The van der Waals surface area contributed by atoms with Crippen molar-refractivity contribution in [2.24, 2.45) is 5.92 Å². The summed E-state index contributed by atoms with van der Waals surface area (Å²) >= 11 is 1.67. The Labute approximate surface area is 76.4 Å². The molecule has 12 heavy (non-hydrogen) atoms. The van der Waals surface area contributed by atoms with Gasteiger partial charge in [-0.15, -0.1) is 10.2 Å². The van der Waals surface area contributed by atoms with Gasteiger partial charge < -0.3 is 4.90 Å². The summed E-state index contributed by atoms with van der Waals surface area (Å²) in [6.45, 7) is 3.14. The van der Waals surface area contributed by atoms with E-state index in [4.69, 9.17) is 0 Å². The first-order chi connectivity index (χ1) is 5.75. The molecule has 0 saturated heterocycles. The molecule has 1 aliphatic rings. The van der Waals surface area contributed by atoms with Gasteiger partial charge in [0.05, 0.1) is 0 Å². The molecule has 3 nitrogen and oxygen atoms in total. The number of hydrogen-bond donors (Lipinski definition) is 0. The normalized spacial score (nSPS) is 16.5. The molecule has 0 N–H and O–H groups in total. The molecule has 1 aromatic rings. The van der Waals surface area contributed by atoms with E-state index in [9.17, 15) is 0 Å². The molecular weight excluding hydrogens is 170 g/mol. The van der Waals surface area contributed by atoms with Gasteiger partial charge in [0.2, 0.25) is 5.13 Å². The second-order valence-corrected chi connectivity index (χ2v) is 4.59. The maximum atomic E-state index is 4.09. The average Bonchev–Trinajstić information content (AvgIpc) is 2.72. The van der Waals surface area contributed by atoms with Gasteiger partial charge in [0, 0.05) is 13.6 Å². The highest BCUT2D eigenvalue weighted by Crippen LogP contribution is 2.31. The van der Waals surface area contributed by atoms with Crippen molar-refractivity contribution < 1.29 is 0 Å². The van der Waals surface area contributed by atoms with E-state index >= 15 is 0 Å². The lowest BCUT2D eigenvalue weighted by molar-refractivity contribution is 0.778. The van der Waals surface area contributed by atoms with Crippen LogP contribution in [0, 0.1) is 12.8 Å². The lowest BCUT2D eigenvalue weighted by atomic mass is 10.4. The number of anilines is 1. The monoisotopic (exact) mass is 183 g/mol. The van der Waals surface area contributed by atoms with Gasteiger partial charge in [-0.2, -0.15) is 0 Å². The molecule has 1 fully saturated rings. The second kappa shape index (κ2) is 3.01. The first-order valence-electron chi connectivity index (χ1n) is 4.27. The van der Waals surface area contributed by atoms with E-state index < -0.39 is 0 Å². The summed E-state index contributed by atoms with van der Waals surface area (Å²) in [4.78, 5) is 2.21. The molecule has 4 heteroatoms. The highest BCUT2D eigenvalue weighted by molar-refractivity contribution is 7.15. The third-order valence-corrected chi connectivity index (χ3v) is 3.02. The SMILES string of the molecule is Cc1nnc(N(C)CC2CC2)s1. The molecule has 1 saturated carbocycles. The summed E-state index contributed by atoms with van der Waals surface area (Å²) in [5.74, 6) is 0.916. The van der Waals surface area contributed by atoms with E-state index in [1.807, 2.05) is 6.92 Å². The minimum Gasteiger partial charge on any atom is -0.349 e. The van der Waals surface area contributed by atoms with Crippen molar-refractivity contribution in [3.05, 3.63) is 5.01 Å². The maximum Gasteiger partial charge on any atom is 0.208 e. The van der Waals surface area contributed by atoms with E-state index in [0.717, 1.165) is 22.6 Å². The largest absolute Gasteiger partial charge is 0.349 e. The van der Waals surface area contributed by atoms with Crippen LogP contribution in [0.2, 0.25) is 0 Å². The molecule has 0 atom stereocenters. The Morgan fingerprint density at radius 2 is 2.25 bits per heavy atom. The van der Waals surface area contributed by atoms with Gasteiger partial charge >= 0.3 is 0 Å². The maximum absolute atomic E-state index is 4.09. The van der Waals surface area contributed by atoms with Crippen LogP contribution in [0.3, 0.4) is 0 Å². The summed E-state index contributed by atoms with van der Waals surface area (Å²) in [5, 5.41) is 10.2. The average molecular weight is 183 g/mol. The van der Waals surface area contributed by atoms with Crippen LogP contribution in [0.25, 0.3) is 0 Å². The molecule has 0 unspecified atom stereocenters. The Kier molecular flexibility index (Phi) is 2.00. The van der Waals surface area contributed by atoms with E-state index in [-0.39, 0.29) is 0 Å². The van der Waals surface area contributed by atoms with Gasteiger partial charge in [-0.25, -0.2) is 0 Å². The van der Waals surface area contributed by atoms with Crippen molar-refractivity contribution in [3.63, 3.8) is 0 Å². The van der Waals surface area contributed by atoms with Gasteiger partial charge in [0.1, 0.15) is 5.01 Å². The highest BCUT2D eigenvalue weighted by Gasteiger charge is 2.23. The zero-order chi connectivity index (χ0) is 8.55. The molecule has 0 aliphatic heterocycles. The Balaban J connectivity index is 1.97. The highest BCUT2D eigenvalue weighted by atomic mass is 32.1. The predicted molar refractivity (Wildman–Crippen MR) is 50.6 cm³/mol. The van der Waals surface area contributed by atoms with Gasteiger partial charge in [-0.3, -0.25) is 0 Å². The minimum atomic E-state index is 0.916. The first kappa shape index (κ1) is 7.98. The molecule has 1 heterocycles. The third kappa shape index (κ3) is 1.75. The molecular formula is C8H13N3S. The van der Waals surface area contributed by atoms with Crippen molar-refractivity contribution in [2.75, 3.05) is 18.5 Å². The van der Waals surface area contributed by atoms with Gasteiger partial charge in [-0.05, 0) is 25.7 Å². The fraction of sp³-hybridized carbons (Fsp3) is 0.750. The molecule has 66 valence electrons. The summed E-state index contributed by atoms with van der Waals surface area (Å²) in [6, 6.07) is 0. The van der Waals surface area contributed by atoms with Gasteiger partial charge in [0.15, 0.2) is 0 Å². The summed E-state index contributed by atoms with van der Waals surface area (Å²) < 4.78 is 0. The Morgan fingerprint density at radius 3 is 2.75 bits per heavy atom. The first-order valence-corrected chi connectivity index (χ1v) is 5.08. The van der Waals surface area contributed by atoms with Crippen LogP contribution in [0.4, 0.5) is 5.13 Å². The van der Waals surface area contributed by atoms with Crippen molar-refractivity contribution in [1.82, 2.24) is 10.2 Å². The topological polar surface area (TPSA) is 29.0 Å². The summed E-state index contributed by atoms with van der Waals surface area (Å²) in [5.41, 5.74) is 0. The predicted octanol–water partition coefficient (Wildman–Crippen LogP) is 1.69. The summed E-state index contributed by atoms with van der Waals surface area (Å²) in [6.07, 6.45) is 2.78. The van der Waals surface area contributed by atoms with Crippen molar-refractivity contribution in [2.45, 2.75) is 19.8 Å². The number of rotatable bonds is 3. The minimum absolute atomic E-state index is 0.916. The fourth-order valence-electron chi connectivity index (χ4n) is 1.21. The van der Waals surface area contributed by atoms with Crippen LogP contribution in [-0.2, 0) is 0 Å². The van der Waals surface area contributed by atoms with Crippen LogP contribution >= 0.6 is 11.3 Å². The number of aryl methyl sites for hydroxylation is 1. The van der Waals surface area contributed by atoms with Crippen molar-refractivity contribution in [3.8, 4) is 0 Å². The third-order valence-electron chi connectivity index (χ3n) is 2.07. The van der Waals surface area contributed by atoms with Gasteiger partial charge in [-0.1, -0.05) is 11.3 Å². The second-order valence-electron chi connectivity index (χ2n) is 3.43. The molecule has 2 rings (SSSR count). The molecule has 0 spiro atoms. The Bertz CT molecular complexity index is 267. The zero-order valence-electron chi connectivity index (χ0n) is 7.45. The van der Waals surface area contributed by atoms with Gasteiger partial charge in [0.25, 0.3) is 0 Å². The molecule has 1 aliphatic carbocycles. The molecule has 0 bridgehead atoms. The van der Waals surface area contributed by atoms with Crippen LogP contribution < -0.4 is 4.90 Å². The van der Waals surface area contributed by atoms with Crippen molar-refractivity contribution in [1.29, 1.82) is 0 Å². The number of hydrogen-bond acceptors (Lipinski definition) is 4. The van der Waals surface area contributed by atoms with E-state index in [1.165, 1.54) is 12.8 Å². The lowest BCUT2D eigenvalue weighted by Crippen LogP contribution is -2.19. The quantitative estimate of drug-likeness (QED) is 0.714. The molecule has 0 radical (unpaired) electrons. The Hall–Kier alpha value is -0.640. The Morgan fingerprint density at radius 1 is 1.50 bits per heavy atom. The van der Waals surface area contributed by atoms with E-state index in [2.05, 4.69) is 22.1 Å². The molecule has 0 aromatic carbocycles. The van der Waals surface area contributed by atoms with Crippen molar-refractivity contribution >= 4 is 16.5 Å². The molecule has 0 amide bonds. The van der Waals surface area contributed by atoms with Crippen LogP contribution in [0.1, 0.15) is 17.8 Å². The van der Waals surface area contributed by atoms with Crippen LogP contribution in [0.5, 0.6) is 0 Å². The van der Waals surface area contributed by atoms with E-state index in [0.29, 0.717) is 0 Å². The number of aromatic nitrogens is 2. The smallest absolute Gasteiger partial charge is 0.208 e. The summed E-state index contributed by atoms with van der Waals surface area (Å²) in [7, 11) is 2.10. The zero-order valence-corrected chi connectivity index (χ0v) is 8.27. The lowest BCUT2D eigenvalue weighted by Gasteiger charge is -2.13.